The summed E-state index contributed by atoms with van der Waals surface area (Å²) in [5.41, 5.74) is 0.352. The fraction of sp³-hybridized carbons (Fsp3) is 0.550. The summed E-state index contributed by atoms with van der Waals surface area (Å²) in [7, 11) is 0. The van der Waals surface area contributed by atoms with Crippen LogP contribution in [0.2, 0.25) is 0 Å². The molecule has 2 amide bonds. The average Bonchev–Trinajstić information content (AvgIpc) is 2.85. The van der Waals surface area contributed by atoms with Crippen LogP contribution in [0.5, 0.6) is 0 Å². The van der Waals surface area contributed by atoms with Crippen molar-refractivity contribution in [2.24, 2.45) is 0 Å². The second-order valence-electron chi connectivity index (χ2n) is 7.41. The van der Waals surface area contributed by atoms with Gasteiger partial charge in [0.05, 0.1) is 5.41 Å². The number of carbonyl (C=O) groups is 3. The second-order valence-corrected chi connectivity index (χ2v) is 7.41. The van der Waals surface area contributed by atoms with Gasteiger partial charge in [0.1, 0.15) is 6.54 Å². The Balaban J connectivity index is 2.09. The van der Waals surface area contributed by atoms with E-state index in [0.717, 1.165) is 12.0 Å². The lowest BCUT2D eigenvalue weighted by molar-refractivity contribution is -0.145. The summed E-state index contributed by atoms with van der Waals surface area (Å²) in [6, 6.07) is 9.57. The summed E-state index contributed by atoms with van der Waals surface area (Å²) in [4.78, 5) is 39.3. The van der Waals surface area contributed by atoms with Gasteiger partial charge in [-0.1, -0.05) is 30.3 Å². The number of carboxylic acids is 1. The molecule has 2 rings (SSSR count). The van der Waals surface area contributed by atoms with Crippen LogP contribution in [0.1, 0.15) is 45.6 Å². The number of likely N-dealkylation sites (tertiary alicyclic amines) is 1. The zero-order chi connectivity index (χ0) is 19.3. The maximum atomic E-state index is 13.1. The first-order chi connectivity index (χ1) is 12.2. The Kier molecular flexibility index (Phi) is 6.40. The van der Waals surface area contributed by atoms with Gasteiger partial charge in [0, 0.05) is 26.1 Å². The predicted molar refractivity (Wildman–Crippen MR) is 98.7 cm³/mol. The minimum Gasteiger partial charge on any atom is -0.480 e. The number of hydrogen-bond donors (Lipinski definition) is 1. The molecule has 0 aliphatic carbocycles. The lowest BCUT2D eigenvalue weighted by atomic mass is 9.83. The highest BCUT2D eigenvalue weighted by molar-refractivity contribution is 5.87. The lowest BCUT2D eigenvalue weighted by Gasteiger charge is -2.32. The number of nitrogens with zero attached hydrogens (tertiary/aromatic N) is 2. The Bertz CT molecular complexity index is 657. The van der Waals surface area contributed by atoms with Crippen LogP contribution >= 0.6 is 0 Å². The zero-order valence-corrected chi connectivity index (χ0v) is 15.8. The monoisotopic (exact) mass is 360 g/mol. The highest BCUT2D eigenvalue weighted by Gasteiger charge is 2.35. The molecule has 1 N–H and O–H groups in total. The van der Waals surface area contributed by atoms with E-state index in [0.29, 0.717) is 25.9 Å². The fourth-order valence-electron chi connectivity index (χ4n) is 3.61. The van der Waals surface area contributed by atoms with Gasteiger partial charge in [-0.25, -0.2) is 0 Å². The molecule has 26 heavy (non-hydrogen) atoms. The van der Waals surface area contributed by atoms with Crippen LogP contribution in [0.25, 0.3) is 0 Å². The van der Waals surface area contributed by atoms with Crippen LogP contribution in [0.15, 0.2) is 30.3 Å². The van der Waals surface area contributed by atoms with Crippen LogP contribution < -0.4 is 0 Å². The molecule has 1 atom stereocenters. The quantitative estimate of drug-likeness (QED) is 0.874. The molecular formula is C20H28N2O4. The molecule has 6 nitrogen and oxygen atoms in total. The summed E-state index contributed by atoms with van der Waals surface area (Å²) in [6.07, 6.45) is 2.07. The third kappa shape index (κ3) is 4.62. The van der Waals surface area contributed by atoms with Crippen LogP contribution in [-0.4, -0.2) is 58.4 Å². The largest absolute Gasteiger partial charge is 0.480 e. The highest BCUT2D eigenvalue weighted by Crippen LogP contribution is 2.27. The van der Waals surface area contributed by atoms with Gasteiger partial charge in [-0.15, -0.1) is 0 Å². The second kappa shape index (κ2) is 8.34. The Labute approximate surface area is 154 Å². The highest BCUT2D eigenvalue weighted by atomic mass is 16.4. The Morgan fingerprint density at radius 1 is 1.15 bits per heavy atom. The van der Waals surface area contributed by atoms with Crippen LogP contribution in [-0.2, 0) is 19.8 Å². The van der Waals surface area contributed by atoms with E-state index in [2.05, 4.69) is 0 Å². The van der Waals surface area contributed by atoms with Gasteiger partial charge in [-0.2, -0.15) is 0 Å². The van der Waals surface area contributed by atoms with Crippen molar-refractivity contribution in [3.05, 3.63) is 35.9 Å². The number of amides is 2. The molecule has 1 heterocycles. The third-order valence-corrected chi connectivity index (χ3v) is 5.17. The van der Waals surface area contributed by atoms with Crippen molar-refractivity contribution < 1.29 is 19.5 Å². The summed E-state index contributed by atoms with van der Waals surface area (Å²) >= 11 is 0. The molecule has 0 bridgehead atoms. The van der Waals surface area contributed by atoms with Crippen molar-refractivity contribution in [1.29, 1.82) is 0 Å². The number of benzene rings is 1. The van der Waals surface area contributed by atoms with Gasteiger partial charge in [0.15, 0.2) is 0 Å². The van der Waals surface area contributed by atoms with E-state index in [1.54, 1.807) is 0 Å². The molecule has 0 saturated carbocycles. The van der Waals surface area contributed by atoms with Crippen molar-refractivity contribution in [3.8, 4) is 0 Å². The molecular weight excluding hydrogens is 332 g/mol. The molecule has 1 saturated heterocycles. The number of carboxylic acid groups (broad SMARTS) is 1. The fourth-order valence-corrected chi connectivity index (χ4v) is 3.61. The standard InChI is InChI=1S/C20H28N2O4/c1-15(23)22(14-18(24)25)17-10-7-12-21(13-11-17)19(26)20(2,3)16-8-5-4-6-9-16/h4-6,8-9,17H,7,10-14H2,1-3H3,(H,24,25). The first-order valence-corrected chi connectivity index (χ1v) is 9.07. The Hall–Kier alpha value is -2.37. The molecule has 0 radical (unpaired) electrons. The van der Waals surface area contributed by atoms with E-state index in [-0.39, 0.29) is 24.4 Å². The first kappa shape index (κ1) is 19.9. The van der Waals surface area contributed by atoms with Crippen molar-refractivity contribution >= 4 is 17.8 Å². The van der Waals surface area contributed by atoms with Crippen LogP contribution in [0.3, 0.4) is 0 Å². The summed E-state index contributed by atoms with van der Waals surface area (Å²) < 4.78 is 0. The number of hydrogen-bond acceptors (Lipinski definition) is 3. The summed E-state index contributed by atoms with van der Waals surface area (Å²) in [5, 5.41) is 9.05. The number of carbonyl (C=O) groups excluding carboxylic acids is 2. The first-order valence-electron chi connectivity index (χ1n) is 9.07. The maximum absolute atomic E-state index is 13.1. The van der Waals surface area contributed by atoms with E-state index < -0.39 is 11.4 Å². The van der Waals surface area contributed by atoms with Gasteiger partial charge < -0.3 is 14.9 Å². The number of aliphatic carboxylic acids is 1. The van der Waals surface area contributed by atoms with Crippen LogP contribution in [0.4, 0.5) is 0 Å². The molecule has 0 spiro atoms. The van der Waals surface area contributed by atoms with Gasteiger partial charge in [0.25, 0.3) is 0 Å². The van der Waals surface area contributed by atoms with E-state index in [4.69, 9.17) is 5.11 Å². The minimum absolute atomic E-state index is 0.0666. The summed E-state index contributed by atoms with van der Waals surface area (Å²) in [6.45, 7) is 6.13. The van der Waals surface area contributed by atoms with Gasteiger partial charge in [-0.3, -0.25) is 14.4 Å². The average molecular weight is 360 g/mol. The SMILES string of the molecule is CC(=O)N(CC(=O)O)C1CCCN(C(=O)C(C)(C)c2ccccc2)CC1. The van der Waals surface area contributed by atoms with Crippen molar-refractivity contribution in [3.63, 3.8) is 0 Å². The molecule has 1 unspecified atom stereocenters. The smallest absolute Gasteiger partial charge is 0.323 e. The third-order valence-electron chi connectivity index (χ3n) is 5.17. The normalized spacial score (nSPS) is 18.1. The molecule has 142 valence electrons. The molecule has 1 aromatic carbocycles. The van der Waals surface area contributed by atoms with Crippen molar-refractivity contribution in [2.75, 3.05) is 19.6 Å². The van der Waals surface area contributed by atoms with Gasteiger partial charge in [-0.05, 0) is 38.7 Å². The van der Waals surface area contributed by atoms with Crippen molar-refractivity contribution in [2.45, 2.75) is 51.5 Å². The molecule has 6 heteroatoms. The maximum Gasteiger partial charge on any atom is 0.323 e. The zero-order valence-electron chi connectivity index (χ0n) is 15.8. The lowest BCUT2D eigenvalue weighted by Crippen LogP contribution is -2.45. The minimum atomic E-state index is -1.01. The molecule has 1 aliphatic heterocycles. The van der Waals surface area contributed by atoms with E-state index in [1.165, 1.54) is 11.8 Å². The van der Waals surface area contributed by atoms with E-state index in [1.807, 2.05) is 49.1 Å². The van der Waals surface area contributed by atoms with E-state index >= 15 is 0 Å². The van der Waals surface area contributed by atoms with Gasteiger partial charge in [0.2, 0.25) is 11.8 Å². The molecule has 1 fully saturated rings. The topological polar surface area (TPSA) is 77.9 Å². The summed E-state index contributed by atoms with van der Waals surface area (Å²) in [5.74, 6) is -1.18. The van der Waals surface area contributed by atoms with Crippen LogP contribution in [0, 0.1) is 0 Å². The molecule has 0 aromatic heterocycles. The number of rotatable bonds is 5. The van der Waals surface area contributed by atoms with Gasteiger partial charge >= 0.3 is 5.97 Å². The predicted octanol–water partition coefficient (Wildman–Crippen LogP) is 2.28. The Morgan fingerprint density at radius 2 is 1.81 bits per heavy atom. The van der Waals surface area contributed by atoms with E-state index in [9.17, 15) is 14.4 Å². The van der Waals surface area contributed by atoms with Crippen molar-refractivity contribution in [1.82, 2.24) is 9.80 Å². The molecule has 1 aliphatic rings. The molecule has 1 aromatic rings. The Morgan fingerprint density at radius 3 is 2.38 bits per heavy atom.